The smallest absolute Gasteiger partial charge is 0.293 e. The van der Waals surface area contributed by atoms with Gasteiger partial charge in [-0.1, -0.05) is 23.7 Å². The number of carbonyl (C=O) groups is 3. The number of hydrogen-bond donors (Lipinski definition) is 1. The van der Waals surface area contributed by atoms with Crippen LogP contribution in [0.3, 0.4) is 0 Å². The Morgan fingerprint density at radius 1 is 1.35 bits per heavy atom. The average molecular weight is 408 g/mol. The van der Waals surface area contributed by atoms with Crippen molar-refractivity contribution in [2.45, 2.75) is 19.4 Å². The molecule has 1 unspecified atom stereocenters. The number of nitrogens with zero attached hydrogens (tertiary/aromatic N) is 2. The number of imide groups is 1. The number of anilines is 1. The number of halogens is 1. The fourth-order valence-electron chi connectivity index (χ4n) is 2.39. The molecule has 1 saturated heterocycles. The molecule has 0 saturated carbocycles. The van der Waals surface area contributed by atoms with Crippen LogP contribution in [0.5, 0.6) is 0 Å². The molecule has 1 aliphatic heterocycles. The Morgan fingerprint density at radius 3 is 2.73 bits per heavy atom. The van der Waals surface area contributed by atoms with Crippen molar-refractivity contribution in [1.82, 2.24) is 9.88 Å². The van der Waals surface area contributed by atoms with Gasteiger partial charge in [0.25, 0.3) is 11.1 Å². The molecule has 1 aliphatic rings. The molecule has 1 atom stereocenters. The number of thioether (sulfide) groups is 1. The van der Waals surface area contributed by atoms with Crippen LogP contribution in [-0.2, 0) is 9.59 Å². The van der Waals surface area contributed by atoms with Crippen molar-refractivity contribution in [1.29, 1.82) is 0 Å². The number of aromatic nitrogens is 1. The molecule has 9 heteroatoms. The Kier molecular flexibility index (Phi) is 5.75. The lowest BCUT2D eigenvalue weighted by Crippen LogP contribution is -2.39. The van der Waals surface area contributed by atoms with Crippen LogP contribution < -0.4 is 5.32 Å². The highest BCUT2D eigenvalue weighted by molar-refractivity contribution is 8.18. The maximum absolute atomic E-state index is 12.6. The van der Waals surface area contributed by atoms with E-state index in [9.17, 15) is 14.4 Å². The van der Waals surface area contributed by atoms with Gasteiger partial charge in [0.15, 0.2) is 5.13 Å². The van der Waals surface area contributed by atoms with Gasteiger partial charge in [0, 0.05) is 29.1 Å². The molecule has 0 spiro atoms. The molecule has 0 bridgehead atoms. The Hall–Kier alpha value is -2.16. The van der Waals surface area contributed by atoms with Crippen molar-refractivity contribution in [2.24, 2.45) is 0 Å². The lowest BCUT2D eigenvalue weighted by molar-refractivity contribution is -0.125. The third-order valence-corrected chi connectivity index (χ3v) is 5.42. The number of rotatable bonds is 5. The summed E-state index contributed by atoms with van der Waals surface area (Å²) >= 11 is 8.01. The molecule has 2 aromatic rings. The second-order valence-electron chi connectivity index (χ2n) is 5.54. The molecule has 6 nitrogen and oxygen atoms in total. The van der Waals surface area contributed by atoms with Crippen molar-refractivity contribution in [3.05, 3.63) is 51.3 Å². The predicted octanol–water partition coefficient (Wildman–Crippen LogP) is 4.25. The quantitative estimate of drug-likeness (QED) is 0.749. The monoisotopic (exact) mass is 407 g/mol. The average Bonchev–Trinajstić information content (AvgIpc) is 3.18. The summed E-state index contributed by atoms with van der Waals surface area (Å²) in [5.74, 6) is -0.697. The summed E-state index contributed by atoms with van der Waals surface area (Å²) < 4.78 is 0. The number of nitrogens with one attached hydrogen (secondary N) is 1. The number of amides is 3. The SMILES string of the molecule is CC(CC(=O)Nc1nccs1)N1C(=O)SC(=Cc2ccc(Cl)cc2)C1=O. The minimum atomic E-state index is -0.557. The Bertz CT molecular complexity index is 866. The van der Waals surface area contributed by atoms with E-state index in [1.54, 1.807) is 48.8 Å². The summed E-state index contributed by atoms with van der Waals surface area (Å²) in [6.07, 6.45) is 3.23. The number of hydrogen-bond acceptors (Lipinski definition) is 6. The molecule has 1 fully saturated rings. The normalized spacial score (nSPS) is 17.0. The van der Waals surface area contributed by atoms with Gasteiger partial charge in [0.2, 0.25) is 5.91 Å². The van der Waals surface area contributed by atoms with Crippen molar-refractivity contribution >= 4 is 63.0 Å². The lowest BCUT2D eigenvalue weighted by atomic mass is 10.2. The van der Waals surface area contributed by atoms with Crippen molar-refractivity contribution in [3.8, 4) is 0 Å². The zero-order chi connectivity index (χ0) is 18.7. The first-order chi connectivity index (χ1) is 12.4. The summed E-state index contributed by atoms with van der Waals surface area (Å²) in [5, 5.41) is 5.09. The van der Waals surface area contributed by atoms with Crippen LogP contribution in [0, 0.1) is 0 Å². The molecule has 0 aliphatic carbocycles. The van der Waals surface area contributed by atoms with Crippen molar-refractivity contribution in [3.63, 3.8) is 0 Å². The van der Waals surface area contributed by atoms with Gasteiger partial charge in [-0.15, -0.1) is 11.3 Å². The van der Waals surface area contributed by atoms with E-state index in [0.29, 0.717) is 15.1 Å². The maximum Gasteiger partial charge on any atom is 0.293 e. The fourth-order valence-corrected chi connectivity index (χ4v) is 3.99. The van der Waals surface area contributed by atoms with Crippen LogP contribution >= 0.6 is 34.7 Å². The molecule has 1 N–H and O–H groups in total. The van der Waals surface area contributed by atoms with E-state index in [0.717, 1.165) is 22.2 Å². The summed E-state index contributed by atoms with van der Waals surface area (Å²) in [4.78, 5) is 42.3. The van der Waals surface area contributed by atoms with Gasteiger partial charge in [-0.3, -0.25) is 19.3 Å². The first-order valence-corrected chi connectivity index (χ1v) is 9.73. The summed E-state index contributed by atoms with van der Waals surface area (Å²) in [6, 6.07) is 6.40. The molecular formula is C17H14ClN3O3S2. The molecule has 1 aromatic carbocycles. The number of benzene rings is 1. The first kappa shape index (κ1) is 18.6. The van der Waals surface area contributed by atoms with E-state index in [1.807, 2.05) is 0 Å². The van der Waals surface area contributed by atoms with E-state index < -0.39 is 11.9 Å². The standard InChI is InChI=1S/C17H14ClN3O3S2/c1-10(8-14(22)20-16-19-6-7-25-16)21-15(23)13(26-17(21)24)9-11-2-4-12(18)5-3-11/h2-7,9-10H,8H2,1H3,(H,19,20,22). The maximum atomic E-state index is 12.6. The van der Waals surface area contributed by atoms with E-state index in [4.69, 9.17) is 11.6 Å². The van der Waals surface area contributed by atoms with E-state index in [-0.39, 0.29) is 17.6 Å². The van der Waals surface area contributed by atoms with Crippen molar-refractivity contribution < 1.29 is 14.4 Å². The van der Waals surface area contributed by atoms with E-state index >= 15 is 0 Å². The van der Waals surface area contributed by atoms with Gasteiger partial charge in [0.05, 0.1) is 4.91 Å². The second-order valence-corrected chi connectivity index (χ2v) is 7.87. The minimum Gasteiger partial charge on any atom is -0.302 e. The first-order valence-electron chi connectivity index (χ1n) is 7.66. The molecule has 3 rings (SSSR count). The van der Waals surface area contributed by atoms with E-state index in [2.05, 4.69) is 10.3 Å². The van der Waals surface area contributed by atoms with Crippen molar-refractivity contribution in [2.75, 3.05) is 5.32 Å². The second kappa shape index (κ2) is 8.03. The van der Waals surface area contributed by atoms with Crippen LogP contribution in [0.25, 0.3) is 6.08 Å². The summed E-state index contributed by atoms with van der Waals surface area (Å²) in [6.45, 7) is 1.67. The third kappa shape index (κ3) is 4.32. The van der Waals surface area contributed by atoms with Crippen LogP contribution in [0.15, 0.2) is 40.7 Å². The largest absolute Gasteiger partial charge is 0.302 e. The van der Waals surface area contributed by atoms with Crippen LogP contribution in [0.4, 0.5) is 9.93 Å². The van der Waals surface area contributed by atoms with Gasteiger partial charge in [-0.2, -0.15) is 0 Å². The Morgan fingerprint density at radius 2 is 2.08 bits per heavy atom. The Balaban J connectivity index is 1.68. The highest BCUT2D eigenvalue weighted by Crippen LogP contribution is 2.34. The molecule has 26 heavy (non-hydrogen) atoms. The third-order valence-electron chi connectivity index (χ3n) is 3.59. The highest BCUT2D eigenvalue weighted by Gasteiger charge is 2.38. The number of thiazole rings is 1. The van der Waals surface area contributed by atoms with Gasteiger partial charge in [-0.25, -0.2) is 4.98 Å². The zero-order valence-corrected chi connectivity index (χ0v) is 16.0. The number of carbonyl (C=O) groups excluding carboxylic acids is 3. The van der Waals surface area contributed by atoms with Crippen LogP contribution in [0.2, 0.25) is 5.02 Å². The minimum absolute atomic E-state index is 0.00580. The molecule has 2 heterocycles. The topological polar surface area (TPSA) is 79.4 Å². The van der Waals surface area contributed by atoms with Crippen LogP contribution in [0.1, 0.15) is 18.9 Å². The highest BCUT2D eigenvalue weighted by atomic mass is 35.5. The molecule has 1 aromatic heterocycles. The van der Waals surface area contributed by atoms with Crippen LogP contribution in [-0.4, -0.2) is 33.0 Å². The lowest BCUT2D eigenvalue weighted by Gasteiger charge is -2.20. The molecular weight excluding hydrogens is 394 g/mol. The zero-order valence-electron chi connectivity index (χ0n) is 13.6. The fraction of sp³-hybridized carbons (Fsp3) is 0.176. The molecule has 134 valence electrons. The molecule has 0 radical (unpaired) electrons. The van der Waals surface area contributed by atoms with Gasteiger partial charge >= 0.3 is 0 Å². The Labute approximate surface area is 163 Å². The molecule has 3 amide bonds. The van der Waals surface area contributed by atoms with Gasteiger partial charge in [-0.05, 0) is 42.5 Å². The summed E-state index contributed by atoms with van der Waals surface area (Å²) in [5.41, 5.74) is 0.772. The summed E-state index contributed by atoms with van der Waals surface area (Å²) in [7, 11) is 0. The van der Waals surface area contributed by atoms with Gasteiger partial charge in [0.1, 0.15) is 0 Å². The van der Waals surface area contributed by atoms with E-state index in [1.165, 1.54) is 11.3 Å². The predicted molar refractivity (Wildman–Crippen MR) is 104 cm³/mol. The van der Waals surface area contributed by atoms with Gasteiger partial charge < -0.3 is 5.32 Å².